The van der Waals surface area contributed by atoms with E-state index in [2.05, 4.69) is 28.1 Å². The molecule has 0 unspecified atom stereocenters. The summed E-state index contributed by atoms with van der Waals surface area (Å²) >= 11 is 0. The van der Waals surface area contributed by atoms with Crippen LogP contribution in [0.1, 0.15) is 61.5 Å². The molecule has 0 atom stereocenters. The van der Waals surface area contributed by atoms with E-state index in [1.54, 1.807) is 0 Å². The number of Topliss-reactive ketones (excluding diaryl/α,β-unsaturated/α-hetero) is 1. The molecule has 7 nitrogen and oxygen atoms in total. The molecule has 36 heavy (non-hydrogen) atoms. The summed E-state index contributed by atoms with van der Waals surface area (Å²) in [6, 6.07) is 4.71. The third kappa shape index (κ3) is 6.25. The average Bonchev–Trinajstić information content (AvgIpc) is 2.86. The highest BCUT2D eigenvalue weighted by atomic mass is 16.5. The van der Waals surface area contributed by atoms with Gasteiger partial charge in [0.25, 0.3) is 5.91 Å². The van der Waals surface area contributed by atoms with Gasteiger partial charge in [0.05, 0.1) is 13.2 Å². The summed E-state index contributed by atoms with van der Waals surface area (Å²) in [4.78, 5) is 30.9. The first kappa shape index (κ1) is 26.6. The largest absolute Gasteiger partial charge is 0.381 e. The van der Waals surface area contributed by atoms with Crippen LogP contribution in [0.25, 0.3) is 0 Å². The molecule has 1 aliphatic carbocycles. The molecule has 2 saturated heterocycles. The molecule has 196 valence electrons. The third-order valence-corrected chi connectivity index (χ3v) is 7.62. The van der Waals surface area contributed by atoms with Crippen LogP contribution in [0.5, 0.6) is 0 Å². The first-order chi connectivity index (χ1) is 17.4. The van der Waals surface area contributed by atoms with E-state index in [4.69, 9.17) is 9.47 Å². The molecule has 1 N–H and O–H groups in total. The van der Waals surface area contributed by atoms with Crippen molar-refractivity contribution in [2.45, 2.75) is 59.5 Å². The molecule has 1 amide bonds. The molecule has 0 bridgehead atoms. The zero-order chi connectivity index (χ0) is 25.7. The van der Waals surface area contributed by atoms with Gasteiger partial charge in [0.1, 0.15) is 0 Å². The minimum Gasteiger partial charge on any atom is -0.381 e. The zero-order valence-corrected chi connectivity index (χ0v) is 22.3. The van der Waals surface area contributed by atoms with Crippen molar-refractivity contribution in [1.29, 1.82) is 0 Å². The third-order valence-electron chi connectivity index (χ3n) is 7.62. The molecule has 7 heteroatoms. The fraction of sp³-hybridized carbons (Fsp3) is 0.586. The van der Waals surface area contributed by atoms with Gasteiger partial charge in [-0.1, -0.05) is 11.6 Å². The molecule has 0 radical (unpaired) electrons. The number of morpholine rings is 1. The number of ketones is 1. The zero-order valence-electron chi connectivity index (χ0n) is 22.3. The SMILES string of the molecule is CCN(c1cc(CN2CCOCC2)cc(C(=O)NCC2=C(C)C=C(C)CC2=O)c1C)C1CCOCC1. The number of benzene rings is 1. The van der Waals surface area contributed by atoms with Crippen LogP contribution in [-0.2, 0) is 20.8 Å². The summed E-state index contributed by atoms with van der Waals surface area (Å²) < 4.78 is 11.1. The Labute approximate surface area is 215 Å². The second-order valence-electron chi connectivity index (χ2n) is 10.2. The number of amides is 1. The first-order valence-corrected chi connectivity index (χ1v) is 13.3. The van der Waals surface area contributed by atoms with E-state index >= 15 is 0 Å². The van der Waals surface area contributed by atoms with Crippen LogP contribution in [0.3, 0.4) is 0 Å². The molecule has 1 aromatic carbocycles. The lowest BCUT2D eigenvalue weighted by Gasteiger charge is -2.37. The molecule has 0 spiro atoms. The summed E-state index contributed by atoms with van der Waals surface area (Å²) in [5.41, 5.74) is 6.65. The van der Waals surface area contributed by atoms with E-state index in [-0.39, 0.29) is 18.2 Å². The van der Waals surface area contributed by atoms with E-state index in [0.717, 1.165) is 93.4 Å². The Morgan fingerprint density at radius 1 is 1.08 bits per heavy atom. The smallest absolute Gasteiger partial charge is 0.251 e. The summed E-state index contributed by atoms with van der Waals surface area (Å²) in [6.07, 6.45) is 4.45. The Morgan fingerprint density at radius 3 is 2.44 bits per heavy atom. The number of nitrogens with one attached hydrogen (secondary N) is 1. The molecular formula is C29H41N3O4. The van der Waals surface area contributed by atoms with E-state index in [9.17, 15) is 9.59 Å². The Morgan fingerprint density at radius 2 is 1.78 bits per heavy atom. The lowest BCUT2D eigenvalue weighted by Crippen LogP contribution is -2.40. The highest BCUT2D eigenvalue weighted by molar-refractivity contribution is 6.02. The minimum atomic E-state index is -0.125. The Kier molecular flexibility index (Phi) is 8.99. The van der Waals surface area contributed by atoms with E-state index in [0.29, 0.717) is 23.6 Å². The molecule has 3 aliphatic rings. The van der Waals surface area contributed by atoms with Gasteiger partial charge in [0, 0.05) is 75.2 Å². The maximum Gasteiger partial charge on any atom is 0.251 e. The van der Waals surface area contributed by atoms with Crippen molar-refractivity contribution >= 4 is 17.4 Å². The van der Waals surface area contributed by atoms with Crippen LogP contribution in [-0.4, -0.2) is 75.2 Å². The van der Waals surface area contributed by atoms with Gasteiger partial charge in [0.15, 0.2) is 5.78 Å². The Bertz CT molecular complexity index is 1030. The summed E-state index contributed by atoms with van der Waals surface area (Å²) in [5.74, 6) is -0.0251. The number of carbonyl (C=O) groups is 2. The number of carbonyl (C=O) groups excluding carboxylic acids is 2. The van der Waals surface area contributed by atoms with Crippen LogP contribution in [0, 0.1) is 6.92 Å². The number of rotatable bonds is 8. The van der Waals surface area contributed by atoms with Crippen molar-refractivity contribution < 1.29 is 19.1 Å². The monoisotopic (exact) mass is 495 g/mol. The molecule has 0 aromatic heterocycles. The fourth-order valence-electron chi connectivity index (χ4n) is 5.61. The predicted octanol–water partition coefficient (Wildman–Crippen LogP) is 3.80. The predicted molar refractivity (Wildman–Crippen MR) is 143 cm³/mol. The first-order valence-electron chi connectivity index (χ1n) is 13.3. The van der Waals surface area contributed by atoms with Gasteiger partial charge in [-0.05, 0) is 69.4 Å². The summed E-state index contributed by atoms with van der Waals surface area (Å²) in [7, 11) is 0. The number of hydrogen-bond donors (Lipinski definition) is 1. The van der Waals surface area contributed by atoms with Crippen molar-refractivity contribution in [2.75, 3.05) is 57.5 Å². The maximum atomic E-state index is 13.5. The van der Waals surface area contributed by atoms with Crippen molar-refractivity contribution in [3.8, 4) is 0 Å². The summed E-state index contributed by atoms with van der Waals surface area (Å²) in [5, 5.41) is 3.06. The highest BCUT2D eigenvalue weighted by Crippen LogP contribution is 2.31. The quantitative estimate of drug-likeness (QED) is 0.592. The normalized spacial score (nSPS) is 19.9. The number of anilines is 1. The molecule has 4 rings (SSSR count). The van der Waals surface area contributed by atoms with Gasteiger partial charge < -0.3 is 19.7 Å². The Hall–Kier alpha value is -2.48. The van der Waals surface area contributed by atoms with E-state index < -0.39 is 0 Å². The van der Waals surface area contributed by atoms with E-state index in [1.807, 2.05) is 32.9 Å². The van der Waals surface area contributed by atoms with E-state index in [1.165, 1.54) is 0 Å². The topological polar surface area (TPSA) is 71.1 Å². The lowest BCUT2D eigenvalue weighted by molar-refractivity contribution is -0.115. The molecule has 0 saturated carbocycles. The maximum absolute atomic E-state index is 13.5. The van der Waals surface area contributed by atoms with Crippen molar-refractivity contribution in [1.82, 2.24) is 10.2 Å². The molecular weight excluding hydrogens is 454 g/mol. The van der Waals surface area contributed by atoms with Crippen molar-refractivity contribution in [3.05, 3.63) is 51.6 Å². The molecule has 2 aliphatic heterocycles. The minimum absolute atomic E-state index is 0.1000. The van der Waals surface area contributed by atoms with Gasteiger partial charge in [-0.15, -0.1) is 0 Å². The second kappa shape index (κ2) is 12.2. The van der Waals surface area contributed by atoms with Gasteiger partial charge in [-0.2, -0.15) is 0 Å². The fourth-order valence-corrected chi connectivity index (χ4v) is 5.61. The van der Waals surface area contributed by atoms with Gasteiger partial charge in [-0.25, -0.2) is 0 Å². The van der Waals surface area contributed by atoms with Crippen LogP contribution in [0.2, 0.25) is 0 Å². The lowest BCUT2D eigenvalue weighted by atomic mass is 9.92. The standard InChI is InChI=1S/C29H41N3O4/c1-5-32(24-6-10-35-11-7-24)27-17-23(19-31-8-12-36-13-9-31)16-25(22(27)4)29(34)30-18-26-21(3)14-20(2)15-28(26)33/h14,16-17,24H,5-13,15,18-19H2,1-4H3,(H,30,34). The highest BCUT2D eigenvalue weighted by Gasteiger charge is 2.26. The van der Waals surface area contributed by atoms with Crippen LogP contribution >= 0.6 is 0 Å². The van der Waals surface area contributed by atoms with Crippen molar-refractivity contribution in [3.63, 3.8) is 0 Å². The van der Waals surface area contributed by atoms with Crippen LogP contribution < -0.4 is 10.2 Å². The molecule has 1 aromatic rings. The van der Waals surface area contributed by atoms with Crippen LogP contribution in [0.4, 0.5) is 5.69 Å². The molecule has 2 heterocycles. The number of allylic oxidation sites excluding steroid dienone is 3. The van der Waals surface area contributed by atoms with Gasteiger partial charge in [0.2, 0.25) is 0 Å². The van der Waals surface area contributed by atoms with Crippen molar-refractivity contribution in [2.24, 2.45) is 0 Å². The Balaban J connectivity index is 1.62. The van der Waals surface area contributed by atoms with Gasteiger partial charge >= 0.3 is 0 Å². The second-order valence-corrected chi connectivity index (χ2v) is 10.2. The number of ether oxygens (including phenoxy) is 2. The van der Waals surface area contributed by atoms with Gasteiger partial charge in [-0.3, -0.25) is 14.5 Å². The van der Waals surface area contributed by atoms with Crippen LogP contribution in [0.15, 0.2) is 34.9 Å². The average molecular weight is 496 g/mol. The number of nitrogens with zero attached hydrogens (tertiary/aromatic N) is 2. The number of hydrogen-bond acceptors (Lipinski definition) is 6. The summed E-state index contributed by atoms with van der Waals surface area (Å²) in [6.45, 7) is 14.9. The molecule has 2 fully saturated rings.